The molecule has 1 saturated carbocycles. The molecule has 0 saturated heterocycles. The van der Waals surface area contributed by atoms with Gasteiger partial charge in [0.1, 0.15) is 0 Å². The first-order chi connectivity index (χ1) is 7.52. The van der Waals surface area contributed by atoms with Crippen molar-refractivity contribution in [3.63, 3.8) is 0 Å². The average Bonchev–Trinajstić information content (AvgIpc) is 2.07. The fraction of sp³-hybridized carbons (Fsp3) is 0.769. The molecule has 17 heavy (non-hydrogen) atoms. The van der Waals surface area contributed by atoms with E-state index in [1.165, 1.54) is 6.92 Å². The molecule has 96 valence electrons. The van der Waals surface area contributed by atoms with Crippen LogP contribution < -0.4 is 5.32 Å². The van der Waals surface area contributed by atoms with Crippen LogP contribution in [0, 0.1) is 23.2 Å². The fourth-order valence-electron chi connectivity index (χ4n) is 2.65. The summed E-state index contributed by atoms with van der Waals surface area (Å²) in [5, 5.41) is 2.74. The molecule has 1 unspecified atom stereocenters. The lowest BCUT2D eigenvalue weighted by molar-refractivity contribution is -0.162. The van der Waals surface area contributed by atoms with Crippen LogP contribution in [-0.4, -0.2) is 17.9 Å². The Morgan fingerprint density at radius 3 is 2.12 bits per heavy atom. The van der Waals surface area contributed by atoms with Crippen molar-refractivity contribution in [3.8, 4) is 12.3 Å². The van der Waals surface area contributed by atoms with E-state index in [9.17, 15) is 13.6 Å². The molecule has 0 spiro atoms. The Kier molecular flexibility index (Phi) is 3.26. The number of alkyl halides is 2. The molecule has 0 heterocycles. The summed E-state index contributed by atoms with van der Waals surface area (Å²) in [6.45, 7) is 7.05. The number of rotatable bonds is 2. The van der Waals surface area contributed by atoms with E-state index in [4.69, 9.17) is 6.42 Å². The van der Waals surface area contributed by atoms with Gasteiger partial charge in [-0.2, -0.15) is 0 Å². The molecule has 1 fully saturated rings. The van der Waals surface area contributed by atoms with Crippen molar-refractivity contribution in [2.45, 2.75) is 52.5 Å². The van der Waals surface area contributed by atoms with Gasteiger partial charge in [-0.3, -0.25) is 4.79 Å². The molecule has 0 aromatic rings. The van der Waals surface area contributed by atoms with E-state index >= 15 is 0 Å². The van der Waals surface area contributed by atoms with Gasteiger partial charge in [0.15, 0.2) is 0 Å². The van der Waals surface area contributed by atoms with Crippen LogP contribution in [0.25, 0.3) is 0 Å². The predicted octanol–water partition coefficient (Wildman–Crippen LogP) is 2.59. The van der Waals surface area contributed by atoms with Crippen LogP contribution in [0.2, 0.25) is 0 Å². The summed E-state index contributed by atoms with van der Waals surface area (Å²) in [5.41, 5.74) is -1.28. The molecule has 1 aliphatic carbocycles. The number of hydrogen-bond acceptors (Lipinski definition) is 1. The number of amides is 1. The molecule has 0 aromatic heterocycles. The van der Waals surface area contributed by atoms with E-state index in [1.54, 1.807) is 0 Å². The minimum absolute atomic E-state index is 0.241. The first kappa shape index (κ1) is 14.0. The molecule has 1 aliphatic rings. The van der Waals surface area contributed by atoms with E-state index in [2.05, 4.69) is 11.2 Å². The molecule has 0 aliphatic heterocycles. The third-order valence-corrected chi connectivity index (χ3v) is 3.20. The monoisotopic (exact) mass is 243 g/mol. The number of hydrogen-bond donors (Lipinski definition) is 1. The van der Waals surface area contributed by atoms with Gasteiger partial charge in [-0.05, 0) is 5.41 Å². The lowest BCUT2D eigenvalue weighted by Crippen LogP contribution is -2.62. The zero-order chi connectivity index (χ0) is 13.5. The Hall–Kier alpha value is -1.11. The molecule has 1 amide bonds. The van der Waals surface area contributed by atoms with Crippen LogP contribution in [0.15, 0.2) is 0 Å². The minimum Gasteiger partial charge on any atom is -0.352 e. The maximum atomic E-state index is 13.1. The van der Waals surface area contributed by atoms with E-state index in [0.717, 1.165) is 0 Å². The standard InChI is InChI=1S/C13H19F2NO/c1-6-12(7-13(14,15)8-12)10(11(3,4)5)16-9(2)17/h1,10H,7-8H2,2-5H3,(H,16,17). The molecule has 2 nitrogen and oxygen atoms in total. The number of terminal acetylenes is 1. The topological polar surface area (TPSA) is 29.1 Å². The number of carbonyl (C=O) groups excluding carboxylic acids is 1. The second-order valence-corrected chi connectivity index (χ2v) is 6.01. The first-order valence-electron chi connectivity index (χ1n) is 5.65. The SMILES string of the molecule is C#CC1(C(NC(C)=O)C(C)(C)C)CC(F)(F)C1. The van der Waals surface area contributed by atoms with Gasteiger partial charge in [-0.1, -0.05) is 26.7 Å². The minimum atomic E-state index is -2.70. The van der Waals surface area contributed by atoms with Gasteiger partial charge in [-0.15, -0.1) is 6.42 Å². The Morgan fingerprint density at radius 1 is 1.41 bits per heavy atom. The van der Waals surface area contributed by atoms with E-state index in [-0.39, 0.29) is 24.2 Å². The third-order valence-electron chi connectivity index (χ3n) is 3.20. The summed E-state index contributed by atoms with van der Waals surface area (Å²) in [7, 11) is 0. The summed E-state index contributed by atoms with van der Waals surface area (Å²) < 4.78 is 26.2. The Labute approximate surface area is 101 Å². The van der Waals surface area contributed by atoms with Gasteiger partial charge >= 0.3 is 0 Å². The van der Waals surface area contributed by atoms with E-state index in [0.29, 0.717) is 0 Å². The van der Waals surface area contributed by atoms with Crippen molar-refractivity contribution in [3.05, 3.63) is 0 Å². The zero-order valence-corrected chi connectivity index (χ0v) is 10.7. The van der Waals surface area contributed by atoms with Gasteiger partial charge in [0, 0.05) is 19.8 Å². The van der Waals surface area contributed by atoms with Crippen LogP contribution in [-0.2, 0) is 4.79 Å². The summed E-state index contributed by atoms with van der Waals surface area (Å²) in [5.74, 6) is -0.453. The second kappa shape index (κ2) is 3.97. The van der Waals surface area contributed by atoms with Crippen LogP contribution in [0.3, 0.4) is 0 Å². The molecule has 1 N–H and O–H groups in total. The molecular weight excluding hydrogens is 224 g/mol. The highest BCUT2D eigenvalue weighted by Gasteiger charge is 2.61. The summed E-state index contributed by atoms with van der Waals surface area (Å²) in [6.07, 6.45) is 4.73. The zero-order valence-electron chi connectivity index (χ0n) is 10.7. The van der Waals surface area contributed by atoms with Gasteiger partial charge in [-0.25, -0.2) is 8.78 Å². The average molecular weight is 243 g/mol. The molecule has 0 bridgehead atoms. The van der Waals surface area contributed by atoms with E-state index < -0.39 is 17.4 Å². The second-order valence-electron chi connectivity index (χ2n) is 6.01. The Balaban J connectivity index is 2.99. The fourth-order valence-corrected chi connectivity index (χ4v) is 2.65. The molecule has 1 atom stereocenters. The maximum Gasteiger partial charge on any atom is 0.251 e. The van der Waals surface area contributed by atoms with Crippen molar-refractivity contribution >= 4 is 5.91 Å². The highest BCUT2D eigenvalue weighted by Crippen LogP contribution is 2.56. The third kappa shape index (κ3) is 2.77. The van der Waals surface area contributed by atoms with Crippen molar-refractivity contribution in [1.29, 1.82) is 0 Å². The maximum absolute atomic E-state index is 13.1. The highest BCUT2D eigenvalue weighted by molar-refractivity contribution is 5.73. The highest BCUT2D eigenvalue weighted by atomic mass is 19.3. The summed E-state index contributed by atoms with van der Waals surface area (Å²) in [4.78, 5) is 11.2. The smallest absolute Gasteiger partial charge is 0.251 e. The number of halogens is 2. The quantitative estimate of drug-likeness (QED) is 0.742. The summed E-state index contributed by atoms with van der Waals surface area (Å²) >= 11 is 0. The van der Waals surface area contributed by atoms with Crippen LogP contribution >= 0.6 is 0 Å². The first-order valence-corrected chi connectivity index (χ1v) is 5.65. The van der Waals surface area contributed by atoms with Crippen LogP contribution in [0.5, 0.6) is 0 Å². The van der Waals surface area contributed by atoms with Crippen molar-refractivity contribution in [2.24, 2.45) is 10.8 Å². The predicted molar refractivity (Wildman–Crippen MR) is 62.5 cm³/mol. The lowest BCUT2D eigenvalue weighted by atomic mass is 9.57. The number of nitrogens with one attached hydrogen (secondary N) is 1. The van der Waals surface area contributed by atoms with Crippen molar-refractivity contribution in [1.82, 2.24) is 5.32 Å². The lowest BCUT2D eigenvalue weighted by Gasteiger charge is -2.52. The van der Waals surface area contributed by atoms with Gasteiger partial charge < -0.3 is 5.32 Å². The molecule has 1 rings (SSSR count). The Morgan fingerprint density at radius 2 is 1.88 bits per heavy atom. The Bertz CT molecular complexity index is 355. The van der Waals surface area contributed by atoms with Gasteiger partial charge in [0.2, 0.25) is 5.91 Å². The van der Waals surface area contributed by atoms with Gasteiger partial charge in [0.25, 0.3) is 5.92 Å². The van der Waals surface area contributed by atoms with Crippen molar-refractivity contribution in [2.75, 3.05) is 0 Å². The van der Waals surface area contributed by atoms with Crippen molar-refractivity contribution < 1.29 is 13.6 Å². The summed E-state index contributed by atoms with van der Waals surface area (Å²) in [6, 6.07) is -0.433. The van der Waals surface area contributed by atoms with Crippen LogP contribution in [0.1, 0.15) is 40.5 Å². The normalized spacial score (nSPS) is 23.1. The molecule has 0 aromatic carbocycles. The van der Waals surface area contributed by atoms with Gasteiger partial charge in [0.05, 0.1) is 11.5 Å². The van der Waals surface area contributed by atoms with Crippen LogP contribution in [0.4, 0.5) is 8.78 Å². The number of carbonyl (C=O) groups is 1. The molecule has 4 heteroatoms. The molecular formula is C13H19F2NO. The largest absolute Gasteiger partial charge is 0.352 e. The molecule has 0 radical (unpaired) electrons. The van der Waals surface area contributed by atoms with E-state index in [1.807, 2.05) is 20.8 Å².